The second kappa shape index (κ2) is 1.26. The molecule has 1 saturated heterocycles. The molecule has 2 aliphatic rings. The van der Waals surface area contributed by atoms with Crippen molar-refractivity contribution >= 4 is 5.91 Å². The largest absolute Gasteiger partial charge is 0.311 e. The Hall–Kier alpha value is -1.05. The van der Waals surface area contributed by atoms with Gasteiger partial charge >= 0.3 is 0 Å². The van der Waals surface area contributed by atoms with E-state index >= 15 is 0 Å². The topological polar surface area (TPSA) is 20.3 Å². The number of rotatable bonds is 1. The lowest BCUT2D eigenvalue weighted by Crippen LogP contribution is -2.60. The molecule has 0 N–H and O–H groups in total. The van der Waals surface area contributed by atoms with Crippen LogP contribution in [0.15, 0.2) is 24.9 Å². The Morgan fingerprint density at radius 2 is 2.44 bits per heavy atom. The van der Waals surface area contributed by atoms with Crippen LogP contribution in [-0.2, 0) is 4.79 Å². The van der Waals surface area contributed by atoms with E-state index in [4.69, 9.17) is 0 Å². The van der Waals surface area contributed by atoms with Gasteiger partial charge in [-0.3, -0.25) is 4.79 Å². The molecule has 2 unspecified atom stereocenters. The molecular formula is C7H7NO. The molecule has 0 radical (unpaired) electrons. The molecule has 0 aromatic rings. The molecule has 9 heavy (non-hydrogen) atoms. The molecule has 0 aromatic heterocycles. The van der Waals surface area contributed by atoms with E-state index in [1.54, 1.807) is 11.1 Å². The number of fused-ring (bicyclic) bond motifs is 1. The second-order valence-corrected chi connectivity index (χ2v) is 2.33. The molecule has 1 aliphatic heterocycles. The number of hydrogen-bond acceptors (Lipinski definition) is 1. The highest BCUT2D eigenvalue weighted by molar-refractivity contribution is 5.91. The van der Waals surface area contributed by atoms with Crippen molar-refractivity contribution in [3.63, 3.8) is 0 Å². The normalized spacial score (nSPS) is 36.9. The Morgan fingerprint density at radius 1 is 1.67 bits per heavy atom. The van der Waals surface area contributed by atoms with Crippen molar-refractivity contribution in [2.45, 2.75) is 6.04 Å². The molecule has 46 valence electrons. The number of likely N-dealkylation sites (tertiary alicyclic amines) is 1. The van der Waals surface area contributed by atoms with Crippen LogP contribution in [0.3, 0.4) is 0 Å². The minimum absolute atomic E-state index is 0.192. The maximum Gasteiger partial charge on any atom is 0.236 e. The first kappa shape index (κ1) is 4.79. The summed E-state index contributed by atoms with van der Waals surface area (Å²) in [5.74, 6) is 0.389. The smallest absolute Gasteiger partial charge is 0.236 e. The molecule has 2 rings (SSSR count). The molecule has 0 spiro atoms. The Labute approximate surface area is 53.5 Å². The van der Waals surface area contributed by atoms with Gasteiger partial charge in [0.2, 0.25) is 5.91 Å². The Morgan fingerprint density at radius 3 is 2.67 bits per heavy atom. The molecule has 1 aliphatic carbocycles. The van der Waals surface area contributed by atoms with E-state index in [9.17, 15) is 4.79 Å². The van der Waals surface area contributed by atoms with E-state index in [2.05, 4.69) is 6.58 Å². The van der Waals surface area contributed by atoms with Crippen molar-refractivity contribution in [3.8, 4) is 0 Å². The number of β-lactam (4-membered cyclic amide) rings is 1. The maximum absolute atomic E-state index is 10.9. The molecule has 0 bridgehead atoms. The van der Waals surface area contributed by atoms with Gasteiger partial charge in [0, 0.05) is 6.20 Å². The number of nitrogens with zero attached hydrogens (tertiary/aromatic N) is 1. The third-order valence-corrected chi connectivity index (χ3v) is 1.94. The Balaban J connectivity index is 2.23. The standard InChI is InChI=1S/C7H7NO/c1-2-8-6-4-3-5(6)7(8)9/h2-6H,1H2. The minimum Gasteiger partial charge on any atom is -0.311 e. The van der Waals surface area contributed by atoms with Crippen molar-refractivity contribution < 1.29 is 4.79 Å². The van der Waals surface area contributed by atoms with E-state index in [0.717, 1.165) is 0 Å². The van der Waals surface area contributed by atoms with Crippen molar-refractivity contribution in [3.05, 3.63) is 24.9 Å². The summed E-state index contributed by atoms with van der Waals surface area (Å²) >= 11 is 0. The predicted octanol–water partition coefficient (Wildman–Crippen LogP) is 0.527. The van der Waals surface area contributed by atoms with Crippen LogP contribution in [-0.4, -0.2) is 16.8 Å². The van der Waals surface area contributed by atoms with Gasteiger partial charge in [0.25, 0.3) is 0 Å². The van der Waals surface area contributed by atoms with E-state index in [1.807, 2.05) is 12.2 Å². The van der Waals surface area contributed by atoms with Gasteiger partial charge in [0.15, 0.2) is 0 Å². The first-order valence-electron chi connectivity index (χ1n) is 2.97. The van der Waals surface area contributed by atoms with Crippen LogP contribution in [0.5, 0.6) is 0 Å². The van der Waals surface area contributed by atoms with Gasteiger partial charge in [-0.2, -0.15) is 0 Å². The van der Waals surface area contributed by atoms with E-state index < -0.39 is 0 Å². The summed E-state index contributed by atoms with van der Waals surface area (Å²) in [7, 11) is 0. The third-order valence-electron chi connectivity index (χ3n) is 1.94. The highest BCUT2D eigenvalue weighted by Gasteiger charge is 2.47. The SMILES string of the molecule is C=CN1C(=O)C2C=CC21. The summed E-state index contributed by atoms with van der Waals surface area (Å²) in [6.45, 7) is 3.52. The van der Waals surface area contributed by atoms with Gasteiger partial charge < -0.3 is 4.90 Å². The van der Waals surface area contributed by atoms with Crippen molar-refractivity contribution in [2.75, 3.05) is 0 Å². The Kier molecular flexibility index (Phi) is 0.673. The summed E-state index contributed by atoms with van der Waals surface area (Å²) in [5, 5.41) is 0. The summed E-state index contributed by atoms with van der Waals surface area (Å²) < 4.78 is 0. The lowest BCUT2D eigenvalue weighted by molar-refractivity contribution is -0.146. The van der Waals surface area contributed by atoms with Crippen molar-refractivity contribution in [2.24, 2.45) is 5.92 Å². The predicted molar refractivity (Wildman–Crippen MR) is 33.5 cm³/mol. The second-order valence-electron chi connectivity index (χ2n) is 2.33. The monoisotopic (exact) mass is 121 g/mol. The van der Waals surface area contributed by atoms with Gasteiger partial charge in [-0.15, -0.1) is 0 Å². The van der Waals surface area contributed by atoms with Crippen LogP contribution in [0.1, 0.15) is 0 Å². The lowest BCUT2D eigenvalue weighted by Gasteiger charge is -2.47. The van der Waals surface area contributed by atoms with Crippen LogP contribution in [0, 0.1) is 5.92 Å². The number of carbonyl (C=O) groups is 1. The fourth-order valence-electron chi connectivity index (χ4n) is 1.26. The summed E-state index contributed by atoms with van der Waals surface area (Å²) in [6, 6.07) is 0.356. The summed E-state index contributed by atoms with van der Waals surface area (Å²) in [5.41, 5.74) is 0. The van der Waals surface area contributed by atoms with Crippen LogP contribution >= 0.6 is 0 Å². The lowest BCUT2D eigenvalue weighted by atomic mass is 9.79. The summed E-state index contributed by atoms with van der Waals surface area (Å²) in [6.07, 6.45) is 5.55. The van der Waals surface area contributed by atoms with E-state index in [0.29, 0.717) is 6.04 Å². The van der Waals surface area contributed by atoms with Gasteiger partial charge in [0.05, 0.1) is 12.0 Å². The van der Waals surface area contributed by atoms with Crippen LogP contribution < -0.4 is 0 Å². The molecule has 1 fully saturated rings. The zero-order chi connectivity index (χ0) is 6.43. The van der Waals surface area contributed by atoms with Gasteiger partial charge in [-0.25, -0.2) is 0 Å². The van der Waals surface area contributed by atoms with Crippen LogP contribution in [0.2, 0.25) is 0 Å². The fraction of sp³-hybridized carbons (Fsp3) is 0.286. The molecule has 1 amide bonds. The summed E-state index contributed by atoms with van der Waals surface area (Å²) in [4.78, 5) is 12.5. The number of amides is 1. The van der Waals surface area contributed by atoms with Crippen LogP contribution in [0.4, 0.5) is 0 Å². The maximum atomic E-state index is 10.9. The van der Waals surface area contributed by atoms with Gasteiger partial charge in [-0.1, -0.05) is 18.7 Å². The van der Waals surface area contributed by atoms with Crippen molar-refractivity contribution in [1.29, 1.82) is 0 Å². The highest BCUT2D eigenvalue weighted by atomic mass is 16.2. The fourth-order valence-corrected chi connectivity index (χ4v) is 1.26. The van der Waals surface area contributed by atoms with Gasteiger partial charge in [0.1, 0.15) is 0 Å². The van der Waals surface area contributed by atoms with Crippen LogP contribution in [0.25, 0.3) is 0 Å². The van der Waals surface area contributed by atoms with Gasteiger partial charge in [-0.05, 0) is 0 Å². The first-order chi connectivity index (χ1) is 4.34. The molecule has 2 nitrogen and oxygen atoms in total. The highest BCUT2D eigenvalue weighted by Crippen LogP contribution is 2.35. The molecule has 0 saturated carbocycles. The van der Waals surface area contributed by atoms with E-state index in [-0.39, 0.29) is 11.8 Å². The third kappa shape index (κ3) is 0.353. The Bertz CT molecular complexity index is 207. The minimum atomic E-state index is 0.192. The molecule has 1 heterocycles. The average Bonchev–Trinajstić information content (AvgIpc) is 1.79. The average molecular weight is 121 g/mol. The zero-order valence-electron chi connectivity index (χ0n) is 4.95. The molecular weight excluding hydrogens is 114 g/mol. The zero-order valence-corrected chi connectivity index (χ0v) is 4.95. The first-order valence-corrected chi connectivity index (χ1v) is 2.97. The number of hydrogen-bond donors (Lipinski definition) is 0. The quantitative estimate of drug-likeness (QED) is 0.366. The van der Waals surface area contributed by atoms with Crippen molar-refractivity contribution in [1.82, 2.24) is 4.90 Å². The molecule has 2 heteroatoms. The van der Waals surface area contributed by atoms with E-state index in [1.165, 1.54) is 0 Å². The molecule has 0 aromatic carbocycles. The molecule has 2 atom stereocenters. The number of carbonyl (C=O) groups excluding carboxylic acids is 1.